The molecule has 0 aliphatic heterocycles. The zero-order chi connectivity index (χ0) is 10.6. The summed E-state index contributed by atoms with van der Waals surface area (Å²) in [5.41, 5.74) is 0.529. The molecule has 0 spiro atoms. The Balaban J connectivity index is 2.95. The highest BCUT2D eigenvalue weighted by Gasteiger charge is 2.22. The molecule has 1 aromatic carbocycles. The van der Waals surface area contributed by atoms with Crippen LogP contribution in [0.15, 0.2) is 30.3 Å². The van der Waals surface area contributed by atoms with Crippen molar-refractivity contribution < 1.29 is 4.79 Å². The predicted octanol–water partition coefficient (Wildman–Crippen LogP) is 2.97. The SMILES string of the molecule is CC(C)P(C(=O)CCl)c1ccccc1. The number of hydrogen-bond acceptors (Lipinski definition) is 1. The van der Waals surface area contributed by atoms with E-state index in [0.717, 1.165) is 5.30 Å². The minimum Gasteiger partial charge on any atom is -0.293 e. The molecule has 1 rings (SSSR count). The van der Waals surface area contributed by atoms with E-state index < -0.39 is 7.92 Å². The predicted molar refractivity (Wildman–Crippen MR) is 63.9 cm³/mol. The van der Waals surface area contributed by atoms with E-state index in [4.69, 9.17) is 11.6 Å². The molecule has 14 heavy (non-hydrogen) atoms. The van der Waals surface area contributed by atoms with Crippen molar-refractivity contribution in [1.82, 2.24) is 0 Å². The van der Waals surface area contributed by atoms with Crippen molar-refractivity contribution in [1.29, 1.82) is 0 Å². The van der Waals surface area contributed by atoms with E-state index in [1.165, 1.54) is 0 Å². The first-order valence-electron chi connectivity index (χ1n) is 4.60. The van der Waals surface area contributed by atoms with Crippen LogP contribution in [0.5, 0.6) is 0 Å². The van der Waals surface area contributed by atoms with E-state index in [1.54, 1.807) is 0 Å². The summed E-state index contributed by atoms with van der Waals surface area (Å²) in [4.78, 5) is 11.7. The topological polar surface area (TPSA) is 17.1 Å². The fourth-order valence-corrected chi connectivity index (χ4v) is 3.85. The summed E-state index contributed by atoms with van der Waals surface area (Å²) in [6.45, 7) is 4.15. The third kappa shape index (κ3) is 2.80. The number of rotatable bonds is 4. The van der Waals surface area contributed by atoms with E-state index in [-0.39, 0.29) is 11.4 Å². The van der Waals surface area contributed by atoms with Gasteiger partial charge in [-0.3, -0.25) is 4.79 Å². The Bertz CT molecular complexity index is 297. The highest BCUT2D eigenvalue weighted by Crippen LogP contribution is 2.40. The standard InChI is InChI=1S/C11H14ClOP/c1-9(2)14(11(13)8-12)10-6-4-3-5-7-10/h3-7,9H,8H2,1-2H3. The Morgan fingerprint density at radius 3 is 2.36 bits per heavy atom. The first kappa shape index (κ1) is 11.7. The van der Waals surface area contributed by atoms with E-state index in [1.807, 2.05) is 30.3 Å². The molecule has 0 saturated heterocycles. The maximum Gasteiger partial charge on any atom is 0.173 e. The third-order valence-electron chi connectivity index (χ3n) is 1.93. The minimum absolute atomic E-state index is 0.124. The Hall–Kier alpha value is -0.390. The molecule has 76 valence electrons. The third-order valence-corrected chi connectivity index (χ3v) is 4.95. The lowest BCUT2D eigenvalue weighted by Crippen LogP contribution is -2.15. The van der Waals surface area contributed by atoms with E-state index in [0.29, 0.717) is 5.66 Å². The molecule has 0 bridgehead atoms. The first-order valence-corrected chi connectivity index (χ1v) is 6.54. The van der Waals surface area contributed by atoms with Gasteiger partial charge >= 0.3 is 0 Å². The van der Waals surface area contributed by atoms with Crippen LogP contribution in [-0.2, 0) is 4.79 Å². The summed E-state index contributed by atoms with van der Waals surface area (Å²) in [5, 5.41) is 1.13. The van der Waals surface area contributed by atoms with Gasteiger partial charge in [-0.05, 0) is 18.9 Å². The molecule has 1 aromatic rings. The van der Waals surface area contributed by atoms with Gasteiger partial charge in [-0.1, -0.05) is 44.2 Å². The molecule has 0 aliphatic rings. The van der Waals surface area contributed by atoms with Crippen molar-refractivity contribution in [2.75, 3.05) is 5.88 Å². The first-order chi connectivity index (χ1) is 6.66. The number of halogens is 1. The molecule has 1 atom stereocenters. The maximum atomic E-state index is 11.7. The van der Waals surface area contributed by atoms with Crippen LogP contribution in [0.25, 0.3) is 0 Å². The van der Waals surface area contributed by atoms with Gasteiger partial charge in [0.1, 0.15) is 0 Å². The van der Waals surface area contributed by atoms with E-state index in [9.17, 15) is 4.79 Å². The van der Waals surface area contributed by atoms with Crippen molar-refractivity contribution >= 4 is 30.4 Å². The molecular formula is C11H14ClOP. The summed E-state index contributed by atoms with van der Waals surface area (Å²) < 4.78 is 0. The quantitative estimate of drug-likeness (QED) is 0.572. The Morgan fingerprint density at radius 2 is 1.93 bits per heavy atom. The van der Waals surface area contributed by atoms with Crippen LogP contribution in [0.4, 0.5) is 0 Å². The van der Waals surface area contributed by atoms with Gasteiger partial charge in [0, 0.05) is 0 Å². The van der Waals surface area contributed by atoms with Crippen LogP contribution in [0.1, 0.15) is 13.8 Å². The summed E-state index contributed by atoms with van der Waals surface area (Å²) >= 11 is 5.61. The molecule has 0 saturated carbocycles. The second-order valence-corrected chi connectivity index (χ2v) is 6.38. The van der Waals surface area contributed by atoms with Crippen molar-refractivity contribution in [3.8, 4) is 0 Å². The van der Waals surface area contributed by atoms with Crippen LogP contribution in [0.3, 0.4) is 0 Å². The number of carbonyl (C=O) groups excluding carboxylic acids is 1. The van der Waals surface area contributed by atoms with E-state index in [2.05, 4.69) is 13.8 Å². The van der Waals surface area contributed by atoms with Gasteiger partial charge in [0.2, 0.25) is 0 Å². The van der Waals surface area contributed by atoms with Crippen LogP contribution < -0.4 is 5.30 Å². The molecular weight excluding hydrogens is 215 g/mol. The Morgan fingerprint density at radius 1 is 1.36 bits per heavy atom. The largest absolute Gasteiger partial charge is 0.293 e. The number of benzene rings is 1. The summed E-state index contributed by atoms with van der Waals surface area (Å²) in [6.07, 6.45) is 0. The smallest absolute Gasteiger partial charge is 0.173 e. The van der Waals surface area contributed by atoms with Crippen LogP contribution in [-0.4, -0.2) is 17.1 Å². The maximum absolute atomic E-state index is 11.7. The van der Waals surface area contributed by atoms with Gasteiger partial charge < -0.3 is 0 Å². The molecule has 0 heterocycles. The Kier molecular flexibility index (Phi) is 4.57. The van der Waals surface area contributed by atoms with Crippen molar-refractivity contribution in [2.24, 2.45) is 0 Å². The van der Waals surface area contributed by atoms with Crippen LogP contribution >= 0.6 is 19.5 Å². The van der Waals surface area contributed by atoms with E-state index >= 15 is 0 Å². The van der Waals surface area contributed by atoms with Gasteiger partial charge in [-0.15, -0.1) is 11.6 Å². The van der Waals surface area contributed by atoms with Crippen molar-refractivity contribution in [3.63, 3.8) is 0 Å². The zero-order valence-corrected chi connectivity index (χ0v) is 10.1. The lowest BCUT2D eigenvalue weighted by molar-refractivity contribution is -0.109. The number of alkyl halides is 1. The van der Waals surface area contributed by atoms with Gasteiger partial charge in [0.05, 0.1) is 5.88 Å². The fourth-order valence-electron chi connectivity index (χ4n) is 1.38. The molecule has 1 nitrogen and oxygen atoms in total. The normalized spacial score (nSPS) is 12.9. The molecule has 1 unspecified atom stereocenters. The van der Waals surface area contributed by atoms with Crippen molar-refractivity contribution in [3.05, 3.63) is 30.3 Å². The molecule has 0 amide bonds. The van der Waals surface area contributed by atoms with Crippen LogP contribution in [0, 0.1) is 0 Å². The second-order valence-electron chi connectivity index (χ2n) is 3.33. The van der Waals surface area contributed by atoms with Gasteiger partial charge in [0.25, 0.3) is 0 Å². The molecule has 0 aliphatic carbocycles. The second kappa shape index (κ2) is 5.48. The summed E-state index contributed by atoms with van der Waals surface area (Å²) in [5.74, 6) is 0.124. The lowest BCUT2D eigenvalue weighted by atomic mass is 10.4. The average Bonchev–Trinajstić information content (AvgIpc) is 2.19. The highest BCUT2D eigenvalue weighted by atomic mass is 35.5. The fraction of sp³-hybridized carbons (Fsp3) is 0.364. The van der Waals surface area contributed by atoms with Gasteiger partial charge in [-0.2, -0.15) is 0 Å². The molecule has 3 heteroatoms. The number of hydrogen-bond donors (Lipinski definition) is 0. The average molecular weight is 229 g/mol. The number of carbonyl (C=O) groups is 1. The van der Waals surface area contributed by atoms with Gasteiger partial charge in [-0.25, -0.2) is 0 Å². The van der Waals surface area contributed by atoms with Crippen LogP contribution in [0.2, 0.25) is 0 Å². The highest BCUT2D eigenvalue weighted by molar-refractivity contribution is 7.82. The molecule has 0 fully saturated rings. The Labute approximate surface area is 91.2 Å². The van der Waals surface area contributed by atoms with Gasteiger partial charge in [0.15, 0.2) is 5.52 Å². The molecule has 0 aromatic heterocycles. The zero-order valence-electron chi connectivity index (χ0n) is 8.40. The summed E-state index contributed by atoms with van der Waals surface area (Å²) in [6, 6.07) is 9.91. The minimum atomic E-state index is -0.747. The molecule has 0 N–H and O–H groups in total. The lowest BCUT2D eigenvalue weighted by Gasteiger charge is -2.19. The summed E-state index contributed by atoms with van der Waals surface area (Å²) in [7, 11) is -0.747. The monoisotopic (exact) mass is 228 g/mol. The van der Waals surface area contributed by atoms with Crippen molar-refractivity contribution in [2.45, 2.75) is 19.5 Å². The molecule has 0 radical (unpaired) electrons.